The van der Waals surface area contributed by atoms with E-state index in [1.54, 1.807) is 31.4 Å². The summed E-state index contributed by atoms with van der Waals surface area (Å²) in [5, 5.41) is 11.6. The minimum Gasteiger partial charge on any atom is -0.392 e. The number of carbonyl (C=O) groups is 1. The van der Waals surface area contributed by atoms with Gasteiger partial charge >= 0.3 is 0 Å². The fourth-order valence-corrected chi connectivity index (χ4v) is 5.68. The van der Waals surface area contributed by atoms with Crippen molar-refractivity contribution in [3.8, 4) is 0 Å². The lowest BCUT2D eigenvalue weighted by atomic mass is 9.99. The minimum atomic E-state index is -2.33. The molecule has 4 unspecified atom stereocenters. The number of methoxy groups -OCH3 is 1. The highest BCUT2D eigenvalue weighted by Crippen LogP contribution is 2.39. The molecular formula is C32H33F5N2O5. The first-order valence-electron chi connectivity index (χ1n) is 14.3. The molecule has 0 bridgehead atoms. The van der Waals surface area contributed by atoms with Crippen LogP contribution in [0.15, 0.2) is 48.5 Å². The van der Waals surface area contributed by atoms with Gasteiger partial charge < -0.3 is 24.6 Å². The molecule has 0 radical (unpaired) electrons. The highest BCUT2D eigenvalue weighted by Gasteiger charge is 2.35. The molecule has 7 nitrogen and oxygen atoms in total. The van der Waals surface area contributed by atoms with E-state index >= 15 is 0 Å². The van der Waals surface area contributed by atoms with Crippen molar-refractivity contribution in [2.45, 2.75) is 57.0 Å². The number of nitrogens with zero attached hydrogens (tertiary/aromatic N) is 1. The second-order valence-corrected chi connectivity index (χ2v) is 11.0. The lowest BCUT2D eigenvalue weighted by Gasteiger charge is -2.38. The van der Waals surface area contributed by atoms with Gasteiger partial charge in [-0.05, 0) is 36.1 Å². The largest absolute Gasteiger partial charge is 0.392 e. The van der Waals surface area contributed by atoms with Gasteiger partial charge in [0, 0.05) is 38.2 Å². The quantitative estimate of drug-likeness (QED) is 0.178. The van der Waals surface area contributed by atoms with E-state index in [1.807, 2.05) is 24.3 Å². The average Bonchev–Trinajstić information content (AvgIpc) is 3.48. The average molecular weight is 621 g/mol. The monoisotopic (exact) mass is 620 g/mol. The summed E-state index contributed by atoms with van der Waals surface area (Å²) in [6, 6.07) is 14.6. The molecule has 0 saturated carbocycles. The molecule has 0 aromatic heterocycles. The maximum absolute atomic E-state index is 14.0. The van der Waals surface area contributed by atoms with Crippen LogP contribution in [0.4, 0.5) is 22.0 Å². The Morgan fingerprint density at radius 3 is 2.16 bits per heavy atom. The summed E-state index contributed by atoms with van der Waals surface area (Å²) >= 11 is 0. The first-order valence-corrected chi connectivity index (χ1v) is 14.3. The topological polar surface area (TPSA) is 80.3 Å². The van der Waals surface area contributed by atoms with E-state index in [1.165, 1.54) is 0 Å². The maximum atomic E-state index is 14.0. The van der Waals surface area contributed by atoms with Crippen molar-refractivity contribution < 1.29 is 46.1 Å². The van der Waals surface area contributed by atoms with Crippen LogP contribution in [0.2, 0.25) is 0 Å². The van der Waals surface area contributed by atoms with Crippen LogP contribution in [0.3, 0.4) is 0 Å². The Kier molecular flexibility index (Phi) is 10.3. The molecule has 2 aliphatic rings. The molecule has 2 fully saturated rings. The van der Waals surface area contributed by atoms with Gasteiger partial charge in [-0.15, -0.1) is 0 Å². The summed E-state index contributed by atoms with van der Waals surface area (Å²) in [6.45, 7) is 1.98. The number of halogens is 5. The fourth-order valence-electron chi connectivity index (χ4n) is 5.68. The molecule has 5 rings (SSSR count). The van der Waals surface area contributed by atoms with Crippen LogP contribution in [0, 0.1) is 29.1 Å². The summed E-state index contributed by atoms with van der Waals surface area (Å²) in [7, 11) is 1.69. The van der Waals surface area contributed by atoms with Crippen molar-refractivity contribution >= 4 is 5.91 Å². The van der Waals surface area contributed by atoms with E-state index in [0.29, 0.717) is 36.7 Å². The van der Waals surface area contributed by atoms with Gasteiger partial charge in [-0.1, -0.05) is 48.5 Å². The van der Waals surface area contributed by atoms with E-state index in [0.717, 1.165) is 30.5 Å². The van der Waals surface area contributed by atoms with E-state index in [-0.39, 0.29) is 25.4 Å². The molecule has 12 heteroatoms. The third kappa shape index (κ3) is 6.94. The van der Waals surface area contributed by atoms with E-state index in [4.69, 9.17) is 14.2 Å². The van der Waals surface area contributed by atoms with Crippen LogP contribution >= 0.6 is 0 Å². The first kappa shape index (κ1) is 32.0. The molecule has 2 heterocycles. The van der Waals surface area contributed by atoms with Crippen LogP contribution in [-0.2, 0) is 27.4 Å². The number of nitrogens with one attached hydrogen (secondary N) is 1. The fraction of sp³-hybridized carbons (Fsp3) is 0.406. The second-order valence-electron chi connectivity index (χ2n) is 11.0. The molecule has 4 atom stereocenters. The van der Waals surface area contributed by atoms with E-state index in [2.05, 4.69) is 10.2 Å². The number of rotatable bonds is 10. The number of hydrogen-bond donors (Lipinski definition) is 2. The Morgan fingerprint density at radius 1 is 0.909 bits per heavy atom. The Hall–Kier alpha value is -3.42. The third-order valence-corrected chi connectivity index (χ3v) is 8.05. The van der Waals surface area contributed by atoms with Crippen molar-refractivity contribution in [2.24, 2.45) is 0 Å². The Bertz CT molecular complexity index is 1430. The Morgan fingerprint density at radius 2 is 1.52 bits per heavy atom. The zero-order valence-corrected chi connectivity index (χ0v) is 24.0. The molecule has 44 heavy (non-hydrogen) atoms. The molecule has 0 aliphatic carbocycles. The van der Waals surface area contributed by atoms with Gasteiger partial charge in [-0.25, -0.2) is 22.0 Å². The summed E-state index contributed by atoms with van der Waals surface area (Å²) in [5.74, 6) is -12.5. The van der Waals surface area contributed by atoms with Crippen LogP contribution in [0.5, 0.6) is 0 Å². The predicted octanol–water partition coefficient (Wildman–Crippen LogP) is 5.46. The van der Waals surface area contributed by atoms with Crippen molar-refractivity contribution in [3.63, 3.8) is 0 Å². The summed E-state index contributed by atoms with van der Waals surface area (Å²) in [6.07, 6.45) is 1.58. The lowest BCUT2D eigenvalue weighted by molar-refractivity contribution is -0.253. The summed E-state index contributed by atoms with van der Waals surface area (Å²) in [4.78, 5) is 14.7. The smallest absolute Gasteiger partial charge is 0.257 e. The normalized spacial score (nSPS) is 22.3. The van der Waals surface area contributed by atoms with Crippen molar-refractivity contribution in [2.75, 3.05) is 26.8 Å². The van der Waals surface area contributed by atoms with Gasteiger partial charge in [0.05, 0.1) is 25.4 Å². The summed E-state index contributed by atoms with van der Waals surface area (Å²) < 4.78 is 86.6. The molecule has 3 aromatic carbocycles. The molecule has 2 saturated heterocycles. The number of carbonyl (C=O) groups excluding carboxylic acids is 1. The maximum Gasteiger partial charge on any atom is 0.257 e. The van der Waals surface area contributed by atoms with Crippen LogP contribution in [-0.4, -0.2) is 54.9 Å². The summed E-state index contributed by atoms with van der Waals surface area (Å²) in [5.41, 5.74) is 1.39. The number of hydrogen-bond acceptors (Lipinski definition) is 6. The number of ether oxygens (including phenoxy) is 3. The van der Waals surface area contributed by atoms with Gasteiger partial charge in [-0.3, -0.25) is 9.69 Å². The number of aliphatic hydroxyl groups excluding tert-OH is 1. The van der Waals surface area contributed by atoms with E-state index < -0.39 is 46.8 Å². The van der Waals surface area contributed by atoms with Gasteiger partial charge in [0.15, 0.2) is 29.6 Å². The zero-order chi connectivity index (χ0) is 31.4. The Balaban J connectivity index is 1.29. The van der Waals surface area contributed by atoms with Gasteiger partial charge in [0.1, 0.15) is 5.56 Å². The zero-order valence-electron chi connectivity index (χ0n) is 24.0. The second kappa shape index (κ2) is 14.1. The number of likely N-dealkylation sites (tertiary alicyclic amines) is 1. The van der Waals surface area contributed by atoms with Gasteiger partial charge in [0.25, 0.3) is 5.91 Å². The van der Waals surface area contributed by atoms with Crippen molar-refractivity contribution in [1.82, 2.24) is 10.2 Å². The predicted molar refractivity (Wildman–Crippen MR) is 149 cm³/mol. The van der Waals surface area contributed by atoms with Gasteiger partial charge in [0.2, 0.25) is 5.82 Å². The molecular weight excluding hydrogens is 587 g/mol. The van der Waals surface area contributed by atoms with Crippen LogP contribution in [0.25, 0.3) is 0 Å². The Labute approximate surface area is 251 Å². The highest BCUT2D eigenvalue weighted by atomic mass is 19.2. The third-order valence-electron chi connectivity index (χ3n) is 8.05. The standard InChI is InChI=1S/C32H33F5N2O5/c1-42-17-22-3-2-12-39(22)15-23-13-24(20-8-6-19(16-40)7-9-20)44-32(43-23)21-10-4-18(5-11-21)14-38-31(41)25-26(33)28(35)30(37)29(36)27(25)34/h4-11,22-24,32,40H,2-3,12-17H2,1H3,(H,38,41). The lowest BCUT2D eigenvalue weighted by Crippen LogP contribution is -2.42. The molecule has 1 amide bonds. The number of aliphatic hydroxyl groups is 1. The first-order chi connectivity index (χ1) is 21.2. The molecule has 2 aliphatic heterocycles. The number of amides is 1. The van der Waals surface area contributed by atoms with E-state index in [9.17, 15) is 31.9 Å². The molecule has 2 N–H and O–H groups in total. The molecule has 236 valence electrons. The van der Waals surface area contributed by atoms with Gasteiger partial charge in [-0.2, -0.15) is 0 Å². The van der Waals surface area contributed by atoms with Crippen molar-refractivity contribution in [3.05, 3.63) is 105 Å². The molecule has 0 spiro atoms. The highest BCUT2D eigenvalue weighted by molar-refractivity contribution is 5.94. The number of benzene rings is 3. The van der Waals surface area contributed by atoms with Crippen molar-refractivity contribution in [1.29, 1.82) is 0 Å². The minimum absolute atomic E-state index is 0.0651. The molecule has 3 aromatic rings. The van der Waals surface area contributed by atoms with Crippen LogP contribution < -0.4 is 5.32 Å². The van der Waals surface area contributed by atoms with Crippen LogP contribution in [0.1, 0.15) is 64.3 Å². The SMILES string of the molecule is COCC1CCCN1CC1CC(c2ccc(CO)cc2)OC(c2ccc(CNC(=O)c3c(F)c(F)c(F)c(F)c3F)cc2)O1.